The van der Waals surface area contributed by atoms with Crippen molar-refractivity contribution in [2.24, 2.45) is 11.7 Å². The number of fused-ring (bicyclic) bond motifs is 1. The number of aromatic nitrogens is 3. The van der Waals surface area contributed by atoms with Gasteiger partial charge >= 0.3 is 5.97 Å². The van der Waals surface area contributed by atoms with Crippen molar-refractivity contribution in [3.8, 4) is 0 Å². The lowest BCUT2D eigenvalue weighted by molar-refractivity contribution is -0.156. The molecule has 0 unspecified atom stereocenters. The number of benzene rings is 1. The average Bonchev–Trinajstić information content (AvgIpc) is 3.27. The normalized spacial score (nSPS) is 13.2. The van der Waals surface area contributed by atoms with Gasteiger partial charge in [0.05, 0.1) is 36.8 Å². The van der Waals surface area contributed by atoms with Crippen LogP contribution in [0.5, 0.6) is 0 Å². The molecule has 0 fully saturated rings. The molecule has 11 heteroatoms. The maximum absolute atomic E-state index is 15.1. The first-order valence-corrected chi connectivity index (χ1v) is 13.2. The van der Waals surface area contributed by atoms with E-state index in [4.69, 9.17) is 15.2 Å². The summed E-state index contributed by atoms with van der Waals surface area (Å²) in [5.74, 6) is -1.87. The molecule has 3 rings (SSSR count). The Labute approximate surface area is 228 Å². The van der Waals surface area contributed by atoms with Crippen LogP contribution in [-0.2, 0) is 20.8 Å². The van der Waals surface area contributed by atoms with Crippen LogP contribution in [0.1, 0.15) is 64.2 Å². The minimum Gasteiger partial charge on any atom is -0.460 e. The van der Waals surface area contributed by atoms with E-state index in [9.17, 15) is 9.59 Å². The molecule has 212 valence electrons. The molecule has 10 nitrogen and oxygen atoms in total. The zero-order chi connectivity index (χ0) is 28.7. The van der Waals surface area contributed by atoms with Crippen molar-refractivity contribution in [1.29, 1.82) is 0 Å². The van der Waals surface area contributed by atoms with Crippen LogP contribution in [0.25, 0.3) is 10.9 Å². The quantitative estimate of drug-likeness (QED) is 0.257. The number of nitrogens with one attached hydrogen (secondary N) is 2. The molecular formula is C28H39FN6O4. The number of esters is 1. The Hall–Kier alpha value is -3.73. The van der Waals surface area contributed by atoms with Gasteiger partial charge in [0.15, 0.2) is 11.6 Å². The molecule has 4 N–H and O–H groups in total. The fraction of sp³-hybridized carbons (Fsp3) is 0.500. The van der Waals surface area contributed by atoms with E-state index < -0.39 is 17.3 Å². The third kappa shape index (κ3) is 7.89. The number of halogens is 1. The summed E-state index contributed by atoms with van der Waals surface area (Å²) in [4.78, 5) is 29.0. The summed E-state index contributed by atoms with van der Waals surface area (Å²) < 4.78 is 27.6. The van der Waals surface area contributed by atoms with E-state index in [1.807, 2.05) is 57.5 Å². The molecule has 0 aliphatic heterocycles. The maximum Gasteiger partial charge on any atom is 0.306 e. The molecule has 2 atom stereocenters. The van der Waals surface area contributed by atoms with Gasteiger partial charge in [-0.15, -0.1) is 0 Å². The van der Waals surface area contributed by atoms with Gasteiger partial charge < -0.3 is 25.8 Å². The van der Waals surface area contributed by atoms with Gasteiger partial charge in [0.1, 0.15) is 11.4 Å². The van der Waals surface area contributed by atoms with Gasteiger partial charge in [-0.05, 0) is 57.4 Å². The topological polar surface area (TPSA) is 133 Å². The van der Waals surface area contributed by atoms with Gasteiger partial charge in [0, 0.05) is 24.2 Å². The van der Waals surface area contributed by atoms with Crippen LogP contribution in [0, 0.1) is 11.7 Å². The molecule has 3 aromatic rings. The predicted octanol–water partition coefficient (Wildman–Crippen LogP) is 5.01. The number of nitrogens with zero attached hydrogens (tertiary/aromatic N) is 3. The Balaban J connectivity index is 1.87. The summed E-state index contributed by atoms with van der Waals surface area (Å²) in [5.41, 5.74) is 6.43. The molecule has 0 aliphatic rings. The number of hydrogen-bond acceptors (Lipinski definition) is 8. The summed E-state index contributed by atoms with van der Waals surface area (Å²) in [6.07, 6.45) is 3.21. The van der Waals surface area contributed by atoms with E-state index >= 15 is 4.39 Å². The summed E-state index contributed by atoms with van der Waals surface area (Å²) in [7, 11) is 1.63. The van der Waals surface area contributed by atoms with E-state index in [1.54, 1.807) is 13.3 Å². The monoisotopic (exact) mass is 542 g/mol. The van der Waals surface area contributed by atoms with Gasteiger partial charge in [0.2, 0.25) is 0 Å². The van der Waals surface area contributed by atoms with Crippen LogP contribution < -0.4 is 16.4 Å². The first-order valence-electron chi connectivity index (χ1n) is 13.2. The number of carbonyl (C=O) groups is 2. The second-order valence-electron chi connectivity index (χ2n) is 10.5. The van der Waals surface area contributed by atoms with E-state index in [1.165, 1.54) is 0 Å². The number of primary amides is 1. The van der Waals surface area contributed by atoms with Gasteiger partial charge in [0.25, 0.3) is 5.91 Å². The van der Waals surface area contributed by atoms with E-state index in [0.717, 1.165) is 17.0 Å². The molecular weight excluding hydrogens is 503 g/mol. The van der Waals surface area contributed by atoms with Crippen LogP contribution in [0.4, 0.5) is 21.7 Å². The zero-order valence-corrected chi connectivity index (χ0v) is 23.5. The third-order valence-corrected chi connectivity index (χ3v) is 6.36. The highest BCUT2D eigenvalue weighted by Crippen LogP contribution is 2.28. The highest BCUT2D eigenvalue weighted by atomic mass is 19.1. The molecule has 0 saturated heterocycles. The van der Waals surface area contributed by atoms with Gasteiger partial charge in [-0.25, -0.2) is 9.37 Å². The fourth-order valence-corrected chi connectivity index (χ4v) is 4.43. The number of carbonyl (C=O) groups excluding carboxylic acids is 2. The van der Waals surface area contributed by atoms with Crippen molar-refractivity contribution in [2.45, 2.75) is 72.1 Å². The van der Waals surface area contributed by atoms with Crippen LogP contribution in [0.3, 0.4) is 0 Å². The smallest absolute Gasteiger partial charge is 0.306 e. The maximum atomic E-state index is 15.1. The van der Waals surface area contributed by atoms with Crippen molar-refractivity contribution in [3.05, 3.63) is 41.8 Å². The summed E-state index contributed by atoms with van der Waals surface area (Å²) in [5, 5.41) is 11.5. The third-order valence-electron chi connectivity index (χ3n) is 6.36. The van der Waals surface area contributed by atoms with Crippen molar-refractivity contribution in [2.75, 3.05) is 24.4 Å². The number of anilines is 3. The van der Waals surface area contributed by atoms with Crippen molar-refractivity contribution < 1.29 is 23.5 Å². The first-order chi connectivity index (χ1) is 18.4. The molecule has 2 heterocycles. The standard InChI is InChI=1S/C28H39FN6O4/c1-7-17(14-24(36)39-28(3,4)5)22(8-2)33-27-21(29)15-20(25(30)37)26(34-27)32-19-9-10-23-18(13-19)16-31-35(23)11-12-38-6/h9-10,13,15-17,22H,7-8,11-12,14H2,1-6H3,(H2,30,37)(H2,32,33,34)/t17-,22-/m1/s1. The Morgan fingerprint density at radius 3 is 2.51 bits per heavy atom. The molecule has 0 saturated carbocycles. The van der Waals surface area contributed by atoms with Crippen LogP contribution in [0.2, 0.25) is 0 Å². The SMILES string of the molecule is CC[C@H](CC(=O)OC(C)(C)C)[C@@H](CC)Nc1nc(Nc2ccc3c(cnn3CCOC)c2)c(C(N)=O)cc1F. The largest absolute Gasteiger partial charge is 0.460 e. The molecule has 0 aliphatic carbocycles. The average molecular weight is 543 g/mol. The number of pyridine rings is 1. The number of ether oxygens (including phenoxy) is 2. The summed E-state index contributed by atoms with van der Waals surface area (Å²) >= 11 is 0. The van der Waals surface area contributed by atoms with Gasteiger partial charge in [-0.2, -0.15) is 5.10 Å². The summed E-state index contributed by atoms with van der Waals surface area (Å²) in [6, 6.07) is 6.38. The molecule has 39 heavy (non-hydrogen) atoms. The second-order valence-corrected chi connectivity index (χ2v) is 10.5. The lowest BCUT2D eigenvalue weighted by Crippen LogP contribution is -2.33. The molecule has 1 aromatic carbocycles. The number of nitrogens with two attached hydrogens (primary N) is 1. The number of amides is 1. The van der Waals surface area contributed by atoms with Gasteiger partial charge in [-0.1, -0.05) is 20.3 Å². The molecule has 0 spiro atoms. The zero-order valence-electron chi connectivity index (χ0n) is 23.5. The van der Waals surface area contributed by atoms with Crippen LogP contribution in [-0.4, -0.2) is 52.0 Å². The number of rotatable bonds is 13. The lowest BCUT2D eigenvalue weighted by Gasteiger charge is -2.28. The predicted molar refractivity (Wildman–Crippen MR) is 150 cm³/mol. The van der Waals surface area contributed by atoms with Crippen LogP contribution >= 0.6 is 0 Å². The van der Waals surface area contributed by atoms with E-state index in [0.29, 0.717) is 31.7 Å². The Kier molecular flexibility index (Phi) is 9.85. The van der Waals surface area contributed by atoms with E-state index in [2.05, 4.69) is 20.7 Å². The highest BCUT2D eigenvalue weighted by molar-refractivity contribution is 5.99. The van der Waals surface area contributed by atoms with Crippen LogP contribution in [0.15, 0.2) is 30.5 Å². The van der Waals surface area contributed by atoms with Crippen molar-refractivity contribution in [3.63, 3.8) is 0 Å². The highest BCUT2D eigenvalue weighted by Gasteiger charge is 2.26. The fourth-order valence-electron chi connectivity index (χ4n) is 4.43. The van der Waals surface area contributed by atoms with Crippen molar-refractivity contribution >= 4 is 40.1 Å². The minimum absolute atomic E-state index is 0.0366. The first kappa shape index (κ1) is 29.8. The molecule has 0 radical (unpaired) electrons. The van der Waals surface area contributed by atoms with Crippen molar-refractivity contribution in [1.82, 2.24) is 14.8 Å². The second kappa shape index (κ2) is 12.9. The molecule has 1 amide bonds. The number of hydrogen-bond donors (Lipinski definition) is 3. The Morgan fingerprint density at radius 2 is 1.90 bits per heavy atom. The minimum atomic E-state index is -0.813. The van der Waals surface area contributed by atoms with E-state index in [-0.39, 0.29) is 41.5 Å². The molecule has 2 aromatic heterocycles. The van der Waals surface area contributed by atoms with Gasteiger partial charge in [-0.3, -0.25) is 14.3 Å². The Bertz CT molecular complexity index is 1300. The Morgan fingerprint density at radius 1 is 1.15 bits per heavy atom. The number of methoxy groups -OCH3 is 1. The lowest BCUT2D eigenvalue weighted by atomic mass is 9.91. The molecule has 0 bridgehead atoms. The summed E-state index contributed by atoms with van der Waals surface area (Å²) in [6.45, 7) is 10.5.